The molecule has 148 valence electrons. The molecule has 1 fully saturated rings. The SMILES string of the molecule is CC(C)(CCCc1ccc(CCCc2ccccc2)s1)CN1CCOCC1. The van der Waals surface area contributed by atoms with Gasteiger partial charge in [0.05, 0.1) is 13.2 Å². The van der Waals surface area contributed by atoms with Gasteiger partial charge in [0.1, 0.15) is 0 Å². The van der Waals surface area contributed by atoms with Gasteiger partial charge in [0.2, 0.25) is 0 Å². The Morgan fingerprint density at radius 1 is 0.889 bits per heavy atom. The van der Waals surface area contributed by atoms with Crippen LogP contribution in [0.15, 0.2) is 42.5 Å². The third-order valence-corrected chi connectivity index (χ3v) is 6.69. The highest BCUT2D eigenvalue weighted by atomic mass is 32.1. The molecule has 2 heterocycles. The zero-order valence-electron chi connectivity index (χ0n) is 17.1. The van der Waals surface area contributed by atoms with Crippen LogP contribution in [0.5, 0.6) is 0 Å². The number of hydrogen-bond donors (Lipinski definition) is 0. The molecule has 2 aromatic rings. The smallest absolute Gasteiger partial charge is 0.0594 e. The molecule has 1 aromatic carbocycles. The lowest BCUT2D eigenvalue weighted by Crippen LogP contribution is -2.41. The minimum Gasteiger partial charge on any atom is -0.379 e. The molecular weight excluding hydrogens is 350 g/mol. The number of aryl methyl sites for hydroxylation is 3. The number of thiophene rings is 1. The Kier molecular flexibility index (Phi) is 7.93. The first-order chi connectivity index (χ1) is 13.1. The predicted molar refractivity (Wildman–Crippen MR) is 117 cm³/mol. The van der Waals surface area contributed by atoms with Crippen molar-refractivity contribution in [3.63, 3.8) is 0 Å². The maximum atomic E-state index is 5.47. The van der Waals surface area contributed by atoms with E-state index in [2.05, 4.69) is 61.2 Å². The van der Waals surface area contributed by atoms with Gasteiger partial charge < -0.3 is 4.74 Å². The summed E-state index contributed by atoms with van der Waals surface area (Å²) in [5.41, 5.74) is 1.85. The van der Waals surface area contributed by atoms with Crippen molar-refractivity contribution in [1.29, 1.82) is 0 Å². The summed E-state index contributed by atoms with van der Waals surface area (Å²) >= 11 is 2.03. The fourth-order valence-corrected chi connectivity index (χ4v) is 5.09. The highest BCUT2D eigenvalue weighted by Crippen LogP contribution is 2.27. The molecule has 2 nitrogen and oxygen atoms in total. The molecule has 1 aromatic heterocycles. The number of morpholine rings is 1. The molecule has 0 aliphatic carbocycles. The van der Waals surface area contributed by atoms with Gasteiger partial charge in [0.15, 0.2) is 0 Å². The highest BCUT2D eigenvalue weighted by molar-refractivity contribution is 7.11. The van der Waals surface area contributed by atoms with Gasteiger partial charge in [-0.15, -0.1) is 11.3 Å². The van der Waals surface area contributed by atoms with E-state index in [0.717, 1.165) is 26.3 Å². The van der Waals surface area contributed by atoms with E-state index < -0.39 is 0 Å². The van der Waals surface area contributed by atoms with Crippen LogP contribution < -0.4 is 0 Å². The second kappa shape index (κ2) is 10.4. The van der Waals surface area contributed by atoms with Gasteiger partial charge in [-0.3, -0.25) is 4.90 Å². The van der Waals surface area contributed by atoms with Gasteiger partial charge in [0, 0.05) is 29.4 Å². The van der Waals surface area contributed by atoms with Crippen LogP contribution >= 0.6 is 11.3 Å². The van der Waals surface area contributed by atoms with Crippen LogP contribution in [0.3, 0.4) is 0 Å². The zero-order chi connectivity index (χ0) is 19.0. The molecule has 0 saturated carbocycles. The van der Waals surface area contributed by atoms with Gasteiger partial charge in [-0.05, 0) is 61.6 Å². The third-order valence-electron chi connectivity index (χ3n) is 5.48. The van der Waals surface area contributed by atoms with E-state index in [1.54, 1.807) is 9.75 Å². The first kappa shape index (κ1) is 20.6. The standard InChI is InChI=1S/C24H35NOS/c1-24(2,20-25-16-18-26-19-17-25)15-7-12-23-14-13-22(27-23)11-6-10-21-8-4-3-5-9-21/h3-5,8-9,13-14H,6-7,10-12,15-20H2,1-2H3. The van der Waals surface area contributed by atoms with E-state index in [4.69, 9.17) is 4.74 Å². The lowest BCUT2D eigenvalue weighted by molar-refractivity contribution is 0.0198. The molecule has 3 heteroatoms. The summed E-state index contributed by atoms with van der Waals surface area (Å²) in [6.07, 6.45) is 7.46. The molecule has 0 spiro atoms. The van der Waals surface area contributed by atoms with E-state index in [9.17, 15) is 0 Å². The van der Waals surface area contributed by atoms with Crippen molar-refractivity contribution < 1.29 is 4.74 Å². The highest BCUT2D eigenvalue weighted by Gasteiger charge is 2.22. The Labute approximate surface area is 169 Å². The number of benzene rings is 1. The van der Waals surface area contributed by atoms with Gasteiger partial charge in [0.25, 0.3) is 0 Å². The fourth-order valence-electron chi connectivity index (χ4n) is 3.99. The van der Waals surface area contributed by atoms with Gasteiger partial charge in [-0.2, -0.15) is 0 Å². The minimum absolute atomic E-state index is 0.396. The Morgan fingerprint density at radius 3 is 2.26 bits per heavy atom. The summed E-state index contributed by atoms with van der Waals surface area (Å²) in [6, 6.07) is 15.5. The van der Waals surface area contributed by atoms with Crippen molar-refractivity contribution in [1.82, 2.24) is 4.90 Å². The summed E-state index contributed by atoms with van der Waals surface area (Å²) in [5, 5.41) is 0. The predicted octanol–water partition coefficient (Wildman–Crippen LogP) is 5.60. The lowest BCUT2D eigenvalue weighted by Gasteiger charge is -2.34. The van der Waals surface area contributed by atoms with Crippen LogP contribution in [0.25, 0.3) is 0 Å². The molecule has 3 rings (SSSR count). The molecule has 1 aliphatic heterocycles. The molecular formula is C24H35NOS. The molecule has 27 heavy (non-hydrogen) atoms. The average molecular weight is 386 g/mol. The number of ether oxygens (including phenoxy) is 1. The first-order valence-corrected chi connectivity index (χ1v) is 11.3. The van der Waals surface area contributed by atoms with Gasteiger partial charge in [-0.1, -0.05) is 44.2 Å². The van der Waals surface area contributed by atoms with E-state index in [0.29, 0.717) is 5.41 Å². The van der Waals surface area contributed by atoms with Crippen molar-refractivity contribution >= 4 is 11.3 Å². The molecule has 0 radical (unpaired) electrons. The van der Waals surface area contributed by atoms with Crippen LogP contribution in [0.1, 0.15) is 48.4 Å². The Bertz CT molecular complexity index is 658. The van der Waals surface area contributed by atoms with Crippen LogP contribution in [0.4, 0.5) is 0 Å². The topological polar surface area (TPSA) is 12.5 Å². The molecule has 0 amide bonds. The van der Waals surface area contributed by atoms with Crippen LogP contribution in [-0.4, -0.2) is 37.7 Å². The third kappa shape index (κ3) is 7.40. The Morgan fingerprint density at radius 2 is 1.56 bits per heavy atom. The maximum absolute atomic E-state index is 5.47. The van der Waals surface area contributed by atoms with Crippen molar-refractivity contribution in [3.05, 3.63) is 57.8 Å². The second-order valence-corrected chi connectivity index (χ2v) is 9.87. The summed E-state index contributed by atoms with van der Waals surface area (Å²) < 4.78 is 5.47. The van der Waals surface area contributed by atoms with Crippen LogP contribution in [0, 0.1) is 5.41 Å². The maximum Gasteiger partial charge on any atom is 0.0594 e. The lowest BCUT2D eigenvalue weighted by atomic mass is 9.86. The summed E-state index contributed by atoms with van der Waals surface area (Å²) in [5.74, 6) is 0. The largest absolute Gasteiger partial charge is 0.379 e. The molecule has 0 bridgehead atoms. The molecule has 1 aliphatic rings. The molecule has 1 saturated heterocycles. The second-order valence-electron chi connectivity index (χ2n) is 8.61. The minimum atomic E-state index is 0.396. The average Bonchev–Trinajstić information content (AvgIpc) is 3.10. The van der Waals surface area contributed by atoms with Crippen molar-refractivity contribution in [2.75, 3.05) is 32.8 Å². The monoisotopic (exact) mass is 385 g/mol. The van der Waals surface area contributed by atoms with Crippen LogP contribution in [0.2, 0.25) is 0 Å². The molecule has 0 atom stereocenters. The summed E-state index contributed by atoms with van der Waals surface area (Å²) in [4.78, 5) is 5.68. The summed E-state index contributed by atoms with van der Waals surface area (Å²) in [6.45, 7) is 10.0. The van der Waals surface area contributed by atoms with Crippen molar-refractivity contribution in [2.45, 2.75) is 52.4 Å². The number of hydrogen-bond acceptors (Lipinski definition) is 3. The Balaban J connectivity index is 1.35. The first-order valence-electron chi connectivity index (χ1n) is 10.5. The molecule has 0 unspecified atom stereocenters. The van der Waals surface area contributed by atoms with E-state index in [-0.39, 0.29) is 0 Å². The quantitative estimate of drug-likeness (QED) is 0.527. The van der Waals surface area contributed by atoms with E-state index in [1.165, 1.54) is 50.6 Å². The normalized spacial score (nSPS) is 15.9. The zero-order valence-corrected chi connectivity index (χ0v) is 17.9. The fraction of sp³-hybridized carbons (Fsp3) is 0.583. The van der Waals surface area contributed by atoms with Crippen molar-refractivity contribution in [3.8, 4) is 0 Å². The van der Waals surface area contributed by atoms with Crippen LogP contribution in [-0.2, 0) is 24.0 Å². The number of nitrogens with zero attached hydrogens (tertiary/aromatic N) is 1. The Hall–Kier alpha value is -1.16. The van der Waals surface area contributed by atoms with Crippen molar-refractivity contribution in [2.24, 2.45) is 5.41 Å². The molecule has 0 N–H and O–H groups in total. The van der Waals surface area contributed by atoms with E-state index in [1.807, 2.05) is 11.3 Å². The van der Waals surface area contributed by atoms with E-state index >= 15 is 0 Å². The van der Waals surface area contributed by atoms with Gasteiger partial charge in [-0.25, -0.2) is 0 Å². The summed E-state index contributed by atoms with van der Waals surface area (Å²) in [7, 11) is 0. The van der Waals surface area contributed by atoms with Gasteiger partial charge >= 0.3 is 0 Å². The number of rotatable bonds is 10.